The van der Waals surface area contributed by atoms with Crippen LogP contribution in [0.1, 0.15) is 33.1 Å². The van der Waals surface area contributed by atoms with Crippen molar-refractivity contribution in [2.75, 3.05) is 17.3 Å². The minimum absolute atomic E-state index is 0.148. The molecule has 106 valence electrons. The van der Waals surface area contributed by atoms with Gasteiger partial charge in [0.2, 0.25) is 11.8 Å². The van der Waals surface area contributed by atoms with Crippen molar-refractivity contribution in [3.63, 3.8) is 0 Å². The Bertz CT molecular complexity index is 424. The van der Waals surface area contributed by atoms with Gasteiger partial charge >= 0.3 is 5.69 Å². The highest BCUT2D eigenvalue weighted by molar-refractivity contribution is 5.56. The maximum absolute atomic E-state index is 10.8. The summed E-state index contributed by atoms with van der Waals surface area (Å²) < 4.78 is 0. The van der Waals surface area contributed by atoms with Crippen molar-refractivity contribution in [2.45, 2.75) is 33.1 Å². The molecule has 0 unspecified atom stereocenters. The number of hydrazine groups is 1. The van der Waals surface area contributed by atoms with Gasteiger partial charge in [-0.25, -0.2) is 10.8 Å². The van der Waals surface area contributed by atoms with Gasteiger partial charge < -0.3 is 5.32 Å². The molecule has 0 spiro atoms. The third-order valence-corrected chi connectivity index (χ3v) is 2.60. The van der Waals surface area contributed by atoms with E-state index in [4.69, 9.17) is 5.84 Å². The van der Waals surface area contributed by atoms with Crippen LogP contribution in [0.3, 0.4) is 0 Å². The lowest BCUT2D eigenvalue weighted by atomic mass is 10.1. The van der Waals surface area contributed by atoms with Gasteiger partial charge in [-0.15, -0.1) is 0 Å². The molecule has 0 fully saturated rings. The van der Waals surface area contributed by atoms with Gasteiger partial charge in [-0.3, -0.25) is 15.5 Å². The fourth-order valence-corrected chi connectivity index (χ4v) is 1.59. The topological polar surface area (TPSA) is 119 Å². The summed E-state index contributed by atoms with van der Waals surface area (Å²) in [5.41, 5.74) is 2.12. The predicted octanol–water partition coefficient (Wildman–Crippen LogP) is 1.91. The van der Waals surface area contributed by atoms with Crippen molar-refractivity contribution in [2.24, 2.45) is 11.8 Å². The van der Waals surface area contributed by atoms with Crippen molar-refractivity contribution < 1.29 is 4.92 Å². The molecule has 1 heterocycles. The van der Waals surface area contributed by atoms with Crippen LogP contribution in [-0.2, 0) is 0 Å². The van der Waals surface area contributed by atoms with Crippen molar-refractivity contribution in [3.05, 3.63) is 16.3 Å². The minimum Gasteiger partial charge on any atom is -0.364 e. The lowest BCUT2D eigenvalue weighted by Crippen LogP contribution is -2.13. The van der Waals surface area contributed by atoms with Gasteiger partial charge in [0.25, 0.3) is 0 Å². The number of unbranched alkanes of at least 4 members (excludes halogenated alkanes) is 1. The van der Waals surface area contributed by atoms with Gasteiger partial charge in [0.1, 0.15) is 6.20 Å². The molecule has 8 nitrogen and oxygen atoms in total. The summed E-state index contributed by atoms with van der Waals surface area (Å²) in [6.07, 6.45) is 4.29. The maximum Gasteiger partial charge on any atom is 0.329 e. The van der Waals surface area contributed by atoms with Gasteiger partial charge in [-0.2, -0.15) is 4.98 Å². The molecule has 0 aliphatic rings. The quantitative estimate of drug-likeness (QED) is 0.285. The molecule has 0 amide bonds. The summed E-state index contributed by atoms with van der Waals surface area (Å²) >= 11 is 0. The van der Waals surface area contributed by atoms with E-state index in [1.54, 1.807) is 0 Å². The lowest BCUT2D eigenvalue weighted by Gasteiger charge is -2.08. The Morgan fingerprint density at radius 3 is 2.79 bits per heavy atom. The van der Waals surface area contributed by atoms with Crippen LogP contribution in [-0.4, -0.2) is 21.4 Å². The first-order chi connectivity index (χ1) is 9.04. The second kappa shape index (κ2) is 7.47. The largest absolute Gasteiger partial charge is 0.364 e. The van der Waals surface area contributed by atoms with Crippen molar-refractivity contribution in [1.82, 2.24) is 9.97 Å². The van der Waals surface area contributed by atoms with Gasteiger partial charge in [-0.05, 0) is 12.3 Å². The van der Waals surface area contributed by atoms with Gasteiger partial charge in [-0.1, -0.05) is 26.7 Å². The van der Waals surface area contributed by atoms with E-state index in [0.717, 1.165) is 25.5 Å². The highest BCUT2D eigenvalue weighted by atomic mass is 16.6. The fraction of sp³-hybridized carbons (Fsp3) is 0.636. The molecule has 0 bridgehead atoms. The highest BCUT2D eigenvalue weighted by Gasteiger charge is 2.16. The van der Waals surface area contributed by atoms with E-state index in [-0.39, 0.29) is 17.5 Å². The first-order valence-corrected chi connectivity index (χ1v) is 6.26. The molecule has 0 saturated heterocycles. The average Bonchev–Trinajstić information content (AvgIpc) is 2.37. The van der Waals surface area contributed by atoms with Gasteiger partial charge in [0.05, 0.1) is 4.92 Å². The molecule has 0 saturated carbocycles. The summed E-state index contributed by atoms with van der Waals surface area (Å²) in [5.74, 6) is 6.19. The maximum atomic E-state index is 10.8. The highest BCUT2D eigenvalue weighted by Crippen LogP contribution is 2.21. The van der Waals surface area contributed by atoms with E-state index in [2.05, 4.69) is 34.6 Å². The number of nitro groups is 1. The monoisotopic (exact) mass is 268 g/mol. The zero-order valence-corrected chi connectivity index (χ0v) is 11.2. The Balaban J connectivity index is 2.57. The van der Waals surface area contributed by atoms with Crippen LogP contribution >= 0.6 is 0 Å². The summed E-state index contributed by atoms with van der Waals surface area (Å²) in [7, 11) is 0. The molecule has 1 aromatic heterocycles. The van der Waals surface area contributed by atoms with Crippen LogP contribution in [0, 0.1) is 16.0 Å². The molecule has 8 heteroatoms. The summed E-state index contributed by atoms with van der Waals surface area (Å²) in [6.45, 7) is 4.97. The smallest absolute Gasteiger partial charge is 0.329 e. The van der Waals surface area contributed by atoms with E-state index >= 15 is 0 Å². The number of rotatable bonds is 8. The molecule has 1 aromatic rings. The van der Waals surface area contributed by atoms with Crippen LogP contribution < -0.4 is 16.6 Å². The number of nitrogen functional groups attached to an aromatic ring is 1. The normalized spacial score (nSPS) is 10.5. The molecule has 0 atom stereocenters. The van der Waals surface area contributed by atoms with Crippen LogP contribution in [0.4, 0.5) is 17.5 Å². The summed E-state index contributed by atoms with van der Waals surface area (Å²) in [6, 6.07) is 0. The number of anilines is 2. The van der Waals surface area contributed by atoms with Gasteiger partial charge in [0.15, 0.2) is 0 Å². The Labute approximate surface area is 111 Å². The SMILES string of the molecule is CC(C)CCCCNc1nc(NN)ncc1[N+](=O)[O-]. The molecule has 0 radical (unpaired) electrons. The molecule has 1 rings (SSSR count). The summed E-state index contributed by atoms with van der Waals surface area (Å²) in [4.78, 5) is 18.0. The second-order valence-corrected chi connectivity index (χ2v) is 4.65. The predicted molar refractivity (Wildman–Crippen MR) is 73.7 cm³/mol. The Morgan fingerprint density at radius 2 is 2.21 bits per heavy atom. The van der Waals surface area contributed by atoms with Crippen molar-refractivity contribution in [3.8, 4) is 0 Å². The number of nitrogens with one attached hydrogen (secondary N) is 2. The standard InChI is InChI=1S/C11H20N6O2/c1-8(2)5-3-4-6-13-10-9(17(18)19)7-14-11(15-10)16-12/h7-8H,3-6,12H2,1-2H3,(H2,13,14,15,16). The van der Waals surface area contributed by atoms with Gasteiger partial charge in [0, 0.05) is 6.54 Å². The number of hydrogen-bond acceptors (Lipinski definition) is 7. The first-order valence-electron chi connectivity index (χ1n) is 6.26. The second-order valence-electron chi connectivity index (χ2n) is 4.65. The Hall–Kier alpha value is -1.96. The van der Waals surface area contributed by atoms with E-state index in [9.17, 15) is 10.1 Å². The van der Waals surface area contributed by atoms with E-state index in [0.29, 0.717) is 12.5 Å². The first kappa shape index (κ1) is 15.1. The third-order valence-electron chi connectivity index (χ3n) is 2.60. The van der Waals surface area contributed by atoms with Crippen LogP contribution in [0.2, 0.25) is 0 Å². The third kappa shape index (κ3) is 5.04. The van der Waals surface area contributed by atoms with Crippen LogP contribution in [0.15, 0.2) is 6.20 Å². The van der Waals surface area contributed by atoms with Crippen molar-refractivity contribution >= 4 is 17.5 Å². The Morgan fingerprint density at radius 1 is 1.47 bits per heavy atom. The van der Waals surface area contributed by atoms with E-state index < -0.39 is 4.92 Å². The van der Waals surface area contributed by atoms with E-state index in [1.165, 1.54) is 0 Å². The minimum atomic E-state index is -0.517. The molecular formula is C11H20N6O2. The summed E-state index contributed by atoms with van der Waals surface area (Å²) in [5, 5.41) is 13.8. The Kier molecular flexibility index (Phi) is 5.94. The molecule has 0 aliphatic carbocycles. The molecule has 19 heavy (non-hydrogen) atoms. The zero-order valence-electron chi connectivity index (χ0n) is 11.2. The number of nitrogens with zero attached hydrogens (tertiary/aromatic N) is 3. The van der Waals surface area contributed by atoms with E-state index in [1.807, 2.05) is 0 Å². The molecule has 4 N–H and O–H groups in total. The van der Waals surface area contributed by atoms with Crippen LogP contribution in [0.5, 0.6) is 0 Å². The van der Waals surface area contributed by atoms with Crippen molar-refractivity contribution in [1.29, 1.82) is 0 Å². The average molecular weight is 268 g/mol. The zero-order chi connectivity index (χ0) is 14.3. The lowest BCUT2D eigenvalue weighted by molar-refractivity contribution is -0.384. The van der Waals surface area contributed by atoms with Crippen LogP contribution in [0.25, 0.3) is 0 Å². The number of aromatic nitrogens is 2. The molecule has 0 aromatic carbocycles. The number of hydrogen-bond donors (Lipinski definition) is 3. The molecule has 0 aliphatic heterocycles. The number of nitrogens with two attached hydrogens (primary N) is 1. The molecular weight excluding hydrogens is 248 g/mol. The fourth-order valence-electron chi connectivity index (χ4n) is 1.59.